The summed E-state index contributed by atoms with van der Waals surface area (Å²) in [5, 5.41) is 5.80. The molecule has 9 nitrogen and oxygen atoms in total. The third kappa shape index (κ3) is 7.19. The number of benzene rings is 2. The van der Waals surface area contributed by atoms with Crippen LogP contribution in [0.4, 0.5) is 11.4 Å². The molecule has 210 valence electrons. The van der Waals surface area contributed by atoms with Gasteiger partial charge in [0.1, 0.15) is 12.2 Å². The van der Waals surface area contributed by atoms with E-state index in [0.29, 0.717) is 33.6 Å². The molecule has 2 aromatic carbocycles. The number of para-hydroxylation sites is 1. The van der Waals surface area contributed by atoms with Crippen LogP contribution in [0.1, 0.15) is 56.7 Å². The van der Waals surface area contributed by atoms with Gasteiger partial charge in [0.25, 0.3) is 17.7 Å². The molecule has 2 N–H and O–H groups in total. The van der Waals surface area contributed by atoms with Gasteiger partial charge in [-0.25, -0.2) is 4.79 Å². The lowest BCUT2D eigenvalue weighted by Crippen LogP contribution is -2.41. The minimum atomic E-state index is -0.776. The minimum Gasteiger partial charge on any atom is -0.456 e. The maximum atomic E-state index is 13.4. The molecule has 0 bridgehead atoms. The summed E-state index contributed by atoms with van der Waals surface area (Å²) in [6.45, 7) is 5.91. The lowest BCUT2D eigenvalue weighted by molar-refractivity contribution is -0.125. The van der Waals surface area contributed by atoms with Crippen molar-refractivity contribution in [3.8, 4) is 0 Å². The molecule has 0 atom stereocenters. The number of halogens is 2. The van der Waals surface area contributed by atoms with Gasteiger partial charge in [0.2, 0.25) is 0 Å². The van der Waals surface area contributed by atoms with Crippen molar-refractivity contribution >= 4 is 69.6 Å². The van der Waals surface area contributed by atoms with E-state index in [0.717, 1.165) is 11.3 Å². The number of esters is 1. The zero-order valence-corrected chi connectivity index (χ0v) is 24.3. The zero-order valence-electron chi connectivity index (χ0n) is 22.0. The quantitative estimate of drug-likeness (QED) is 0.342. The summed E-state index contributed by atoms with van der Waals surface area (Å²) in [5.74, 6) is -1.76. The second-order valence-corrected chi connectivity index (χ2v) is 12.0. The molecule has 0 saturated carbocycles. The Morgan fingerprint density at radius 2 is 1.85 bits per heavy atom. The van der Waals surface area contributed by atoms with Gasteiger partial charge in [-0.3, -0.25) is 14.4 Å². The zero-order chi connectivity index (χ0) is 29.0. The fourth-order valence-electron chi connectivity index (χ4n) is 3.92. The number of ether oxygens (including phenoxy) is 2. The normalized spacial score (nSPS) is 13.6. The molecule has 12 heteroatoms. The predicted molar refractivity (Wildman–Crippen MR) is 155 cm³/mol. The Morgan fingerprint density at radius 1 is 1.07 bits per heavy atom. The highest BCUT2D eigenvalue weighted by Gasteiger charge is 2.25. The highest BCUT2D eigenvalue weighted by molar-refractivity contribution is 7.18. The van der Waals surface area contributed by atoms with Gasteiger partial charge in [0.15, 0.2) is 0 Å². The third-order valence-electron chi connectivity index (χ3n) is 5.73. The van der Waals surface area contributed by atoms with E-state index in [1.807, 2.05) is 0 Å². The number of amides is 3. The fraction of sp³-hybridized carbons (Fsp3) is 0.286. The summed E-state index contributed by atoms with van der Waals surface area (Å²) in [7, 11) is 0. The third-order valence-corrected chi connectivity index (χ3v) is 7.26. The first-order chi connectivity index (χ1) is 18.9. The molecule has 2 heterocycles. The lowest BCUT2D eigenvalue weighted by atomic mass is 10.0. The van der Waals surface area contributed by atoms with Crippen LogP contribution in [0.15, 0.2) is 48.5 Å². The van der Waals surface area contributed by atoms with Crippen molar-refractivity contribution in [2.45, 2.75) is 32.9 Å². The Kier molecular flexibility index (Phi) is 9.15. The number of nitrogens with one attached hydrogen (secondary N) is 2. The van der Waals surface area contributed by atoms with Gasteiger partial charge in [0, 0.05) is 18.7 Å². The van der Waals surface area contributed by atoms with E-state index in [1.165, 1.54) is 23.1 Å². The summed E-state index contributed by atoms with van der Waals surface area (Å²) in [4.78, 5) is 53.2. The number of morpholine rings is 1. The molecule has 40 heavy (non-hydrogen) atoms. The van der Waals surface area contributed by atoms with Crippen LogP contribution in [0, 0.1) is 0 Å². The molecular weight excluding hydrogens is 577 g/mol. The number of carbonyl (C=O) groups excluding carboxylic acids is 4. The van der Waals surface area contributed by atoms with Gasteiger partial charge in [-0.15, -0.1) is 11.3 Å². The highest BCUT2D eigenvalue weighted by atomic mass is 35.5. The Hall–Kier alpha value is -3.44. The van der Waals surface area contributed by atoms with Crippen molar-refractivity contribution in [3.63, 3.8) is 0 Å². The molecule has 1 fully saturated rings. The van der Waals surface area contributed by atoms with Crippen molar-refractivity contribution in [3.05, 3.63) is 79.5 Å². The van der Waals surface area contributed by atoms with E-state index in [-0.39, 0.29) is 46.8 Å². The van der Waals surface area contributed by atoms with Crippen LogP contribution < -0.4 is 15.5 Å². The molecule has 1 aromatic heterocycles. The van der Waals surface area contributed by atoms with Crippen molar-refractivity contribution in [2.24, 2.45) is 0 Å². The fourth-order valence-corrected chi connectivity index (χ4v) is 5.16. The van der Waals surface area contributed by atoms with E-state index < -0.39 is 17.5 Å². The Bertz CT molecular complexity index is 1470. The van der Waals surface area contributed by atoms with Gasteiger partial charge < -0.3 is 25.0 Å². The van der Waals surface area contributed by atoms with Gasteiger partial charge in [-0.1, -0.05) is 35.3 Å². The number of anilines is 2. The van der Waals surface area contributed by atoms with E-state index in [4.69, 9.17) is 32.7 Å². The summed E-state index contributed by atoms with van der Waals surface area (Å²) >= 11 is 13.5. The van der Waals surface area contributed by atoms with Crippen LogP contribution in [-0.4, -0.2) is 49.1 Å². The number of carbonyl (C=O) groups is 4. The van der Waals surface area contributed by atoms with E-state index >= 15 is 0 Å². The van der Waals surface area contributed by atoms with Crippen LogP contribution in [0.5, 0.6) is 0 Å². The number of thiophene rings is 1. The van der Waals surface area contributed by atoms with E-state index in [2.05, 4.69) is 10.6 Å². The van der Waals surface area contributed by atoms with Crippen LogP contribution in [-0.2, 0) is 20.8 Å². The maximum absolute atomic E-state index is 13.4. The summed E-state index contributed by atoms with van der Waals surface area (Å²) in [6.07, 6.45) is 0. The highest BCUT2D eigenvalue weighted by Crippen LogP contribution is 2.30. The van der Waals surface area contributed by atoms with Crippen LogP contribution >= 0.6 is 34.5 Å². The SMILES string of the molecule is CC(C)(C)OC(=O)c1cccc(CNC(=O)c2ccc(Cl)s2)c1NC(=O)c1ccc(N2CCOCC2=O)c(Cl)c1. The molecule has 0 spiro atoms. The number of nitrogens with zero attached hydrogens (tertiary/aromatic N) is 1. The Morgan fingerprint density at radius 3 is 2.50 bits per heavy atom. The molecule has 0 radical (unpaired) electrons. The average Bonchev–Trinajstić information content (AvgIpc) is 3.33. The maximum Gasteiger partial charge on any atom is 0.340 e. The molecule has 4 rings (SSSR count). The van der Waals surface area contributed by atoms with Crippen LogP contribution in [0.3, 0.4) is 0 Å². The monoisotopic (exact) mass is 603 g/mol. The topological polar surface area (TPSA) is 114 Å². The van der Waals surface area contributed by atoms with Crippen molar-refractivity contribution < 1.29 is 28.7 Å². The Labute approximate surface area is 245 Å². The summed E-state index contributed by atoms with van der Waals surface area (Å²) in [5.41, 5.74) is 0.691. The summed E-state index contributed by atoms with van der Waals surface area (Å²) < 4.78 is 11.2. The van der Waals surface area contributed by atoms with E-state index in [1.54, 1.807) is 51.1 Å². The number of hydrogen-bond donors (Lipinski definition) is 2. The van der Waals surface area contributed by atoms with Crippen molar-refractivity contribution in [1.29, 1.82) is 0 Å². The second kappa shape index (κ2) is 12.4. The Balaban J connectivity index is 1.61. The largest absolute Gasteiger partial charge is 0.456 e. The first kappa shape index (κ1) is 29.5. The standard InChI is InChI=1S/C28H27Cl2N3O6S/c1-28(2,3)39-27(37)18-6-4-5-17(14-31-26(36)21-9-10-22(30)40-21)24(18)32-25(35)16-7-8-20(19(29)13-16)33-11-12-38-15-23(33)34/h4-10,13H,11-12,14-15H2,1-3H3,(H,31,36)(H,32,35). The first-order valence-electron chi connectivity index (χ1n) is 12.3. The van der Waals surface area contributed by atoms with Gasteiger partial charge in [-0.05, 0) is 62.7 Å². The molecule has 1 aliphatic heterocycles. The van der Waals surface area contributed by atoms with Gasteiger partial charge in [0.05, 0.1) is 37.8 Å². The van der Waals surface area contributed by atoms with Crippen molar-refractivity contribution in [1.82, 2.24) is 5.32 Å². The first-order valence-corrected chi connectivity index (χ1v) is 13.9. The second-order valence-electron chi connectivity index (χ2n) is 9.85. The lowest BCUT2D eigenvalue weighted by Gasteiger charge is -2.27. The average molecular weight is 605 g/mol. The van der Waals surface area contributed by atoms with E-state index in [9.17, 15) is 19.2 Å². The molecule has 1 saturated heterocycles. The van der Waals surface area contributed by atoms with Crippen molar-refractivity contribution in [2.75, 3.05) is 30.0 Å². The van der Waals surface area contributed by atoms with Gasteiger partial charge in [-0.2, -0.15) is 0 Å². The smallest absolute Gasteiger partial charge is 0.340 e. The summed E-state index contributed by atoms with van der Waals surface area (Å²) in [6, 6.07) is 12.7. The minimum absolute atomic E-state index is 0.0133. The van der Waals surface area contributed by atoms with Gasteiger partial charge >= 0.3 is 5.97 Å². The molecule has 1 aliphatic rings. The molecule has 0 unspecified atom stereocenters. The molecule has 3 amide bonds. The number of rotatable bonds is 7. The van der Waals surface area contributed by atoms with Crippen LogP contribution in [0.2, 0.25) is 9.36 Å². The number of hydrogen-bond acceptors (Lipinski definition) is 7. The molecular formula is C28H27Cl2N3O6S. The van der Waals surface area contributed by atoms with Crippen LogP contribution in [0.25, 0.3) is 0 Å². The predicted octanol–water partition coefficient (Wildman–Crippen LogP) is 5.56. The molecule has 0 aliphatic carbocycles. The molecule has 3 aromatic rings.